The van der Waals surface area contributed by atoms with Gasteiger partial charge in [-0.3, -0.25) is 4.57 Å². The zero-order valence-corrected chi connectivity index (χ0v) is 30.9. The Morgan fingerprint density at radius 1 is 0.478 bits per heavy atom. The zero-order chi connectivity index (χ0) is 33.1. The average molecular weight is 655 g/mol. The molecule has 0 unspecified atom stereocenters. The first kappa shape index (κ1) is 40.8. The smallest absolute Gasteiger partial charge is 0.324 e. The molecule has 2 aromatic rings. The zero-order valence-electron chi connectivity index (χ0n) is 30.0. The summed E-state index contributed by atoms with van der Waals surface area (Å²) in [4.78, 5) is 18.1. The van der Waals surface area contributed by atoms with Crippen LogP contribution in [-0.4, -0.2) is 15.9 Å². The van der Waals surface area contributed by atoms with Gasteiger partial charge in [0, 0.05) is 12.1 Å². The van der Waals surface area contributed by atoms with Gasteiger partial charge in [-0.15, -0.1) is 0 Å². The molecule has 0 heterocycles. The van der Waals surface area contributed by atoms with Crippen LogP contribution < -0.4 is 0 Å². The molecular weight excluding hydrogens is 583 g/mol. The van der Waals surface area contributed by atoms with Crippen molar-refractivity contribution in [3.8, 4) is 0 Å². The monoisotopic (exact) mass is 655 g/mol. The second kappa shape index (κ2) is 26.5. The van der Waals surface area contributed by atoms with Crippen LogP contribution in [0.15, 0.2) is 48.5 Å². The molecule has 0 aromatic heterocycles. The Morgan fingerprint density at radius 2 is 0.826 bits per heavy atom. The number of unbranched alkanes of at least 4 members (excludes halogenated alkanes) is 20. The fraction of sp³-hybridized carbons (Fsp3) is 0.714. The molecule has 2 aromatic carbocycles. The summed E-state index contributed by atoms with van der Waals surface area (Å²) in [7, 11) is -3.82. The molecule has 0 saturated heterocycles. The van der Waals surface area contributed by atoms with Gasteiger partial charge in [0.25, 0.3) is 0 Å². The van der Waals surface area contributed by atoms with E-state index in [0.29, 0.717) is 12.3 Å². The van der Waals surface area contributed by atoms with Crippen LogP contribution in [0.2, 0.25) is 0 Å². The van der Waals surface area contributed by atoms with E-state index in [2.05, 4.69) is 62.4 Å². The highest BCUT2D eigenvalue weighted by atomic mass is 31.2. The lowest BCUT2D eigenvalue weighted by Gasteiger charge is -2.24. The van der Waals surface area contributed by atoms with E-state index in [1.165, 1.54) is 148 Å². The van der Waals surface area contributed by atoms with Crippen LogP contribution in [0.3, 0.4) is 0 Å². The van der Waals surface area contributed by atoms with Gasteiger partial charge >= 0.3 is 7.60 Å². The number of rotatable bonds is 30. The molecule has 0 aliphatic rings. The lowest BCUT2D eigenvalue weighted by molar-refractivity contribution is 0.370. The largest absolute Gasteiger partial charge is 0.325 e. The van der Waals surface area contributed by atoms with Crippen molar-refractivity contribution in [3.05, 3.63) is 70.8 Å². The van der Waals surface area contributed by atoms with Gasteiger partial charge in [-0.2, -0.15) is 0 Å². The van der Waals surface area contributed by atoms with E-state index in [4.69, 9.17) is 9.79 Å². The third-order valence-electron chi connectivity index (χ3n) is 9.90. The Bertz CT molecular complexity index is 983. The van der Waals surface area contributed by atoms with Gasteiger partial charge < -0.3 is 9.79 Å². The first-order chi connectivity index (χ1) is 22.5. The fourth-order valence-electron chi connectivity index (χ4n) is 7.13. The lowest BCUT2D eigenvalue weighted by atomic mass is 9.80. The van der Waals surface area contributed by atoms with Crippen molar-refractivity contribution in [2.75, 3.05) is 6.16 Å². The van der Waals surface area contributed by atoms with Crippen molar-refractivity contribution >= 4 is 7.60 Å². The molecule has 0 bridgehead atoms. The topological polar surface area (TPSA) is 57.5 Å². The molecule has 0 spiro atoms. The van der Waals surface area contributed by atoms with E-state index in [9.17, 15) is 4.57 Å². The van der Waals surface area contributed by atoms with Crippen LogP contribution >= 0.6 is 7.60 Å². The predicted molar refractivity (Wildman–Crippen MR) is 201 cm³/mol. The van der Waals surface area contributed by atoms with Crippen molar-refractivity contribution in [3.63, 3.8) is 0 Å². The molecule has 0 fully saturated rings. The van der Waals surface area contributed by atoms with Crippen molar-refractivity contribution in [1.82, 2.24) is 0 Å². The lowest BCUT2D eigenvalue weighted by Crippen LogP contribution is -2.08. The van der Waals surface area contributed by atoms with Crippen LogP contribution in [0.4, 0.5) is 0 Å². The summed E-state index contributed by atoms with van der Waals surface area (Å²) in [6.07, 6.45) is 32.9. The Labute approximate surface area is 284 Å². The van der Waals surface area contributed by atoms with Crippen LogP contribution in [0.5, 0.6) is 0 Å². The van der Waals surface area contributed by atoms with Crippen molar-refractivity contribution in [1.29, 1.82) is 0 Å². The summed E-state index contributed by atoms with van der Waals surface area (Å²) >= 11 is 0. The van der Waals surface area contributed by atoms with E-state index >= 15 is 0 Å². The van der Waals surface area contributed by atoms with E-state index in [1.807, 2.05) is 0 Å². The standard InChI is InChI=1S/C42H71O3P/c1-3-5-7-9-14-18-22-30-38-32-25-27-34-40(38)42(36-24-20-16-12-11-13-17-21-29-37-46(43,44)45)41-35-28-26-33-39(41)31-23-19-15-10-8-6-4-2/h25-28,32-35,42H,3-24,29-31,36-37H2,1-2H3,(H2,43,44,45). The molecule has 3 nitrogen and oxygen atoms in total. The molecule has 4 heteroatoms. The SMILES string of the molecule is CCCCCCCCCc1ccccc1C(CCCCCCCCCCCP(=O)(O)O)c1ccccc1CCCCCCCCC. The average Bonchev–Trinajstić information content (AvgIpc) is 3.05. The van der Waals surface area contributed by atoms with Crippen LogP contribution in [0, 0.1) is 0 Å². The number of benzene rings is 2. The maximum absolute atomic E-state index is 11.0. The minimum Gasteiger partial charge on any atom is -0.324 e. The van der Waals surface area contributed by atoms with Crippen LogP contribution in [0.25, 0.3) is 0 Å². The Hall–Kier alpha value is -1.41. The normalized spacial score (nSPS) is 11.9. The molecule has 2 rings (SSSR count). The molecule has 0 aliphatic carbocycles. The van der Waals surface area contributed by atoms with Gasteiger partial charge in [0.1, 0.15) is 0 Å². The molecule has 2 N–H and O–H groups in total. The second-order valence-electron chi connectivity index (χ2n) is 14.1. The first-order valence-corrected chi connectivity index (χ1v) is 21.5. The fourth-order valence-corrected chi connectivity index (χ4v) is 7.77. The minimum atomic E-state index is -3.82. The summed E-state index contributed by atoms with van der Waals surface area (Å²) < 4.78 is 11.0. The van der Waals surface area contributed by atoms with Crippen LogP contribution in [0.1, 0.15) is 196 Å². The molecule has 0 atom stereocenters. The summed E-state index contributed by atoms with van der Waals surface area (Å²) in [5.41, 5.74) is 6.31. The summed E-state index contributed by atoms with van der Waals surface area (Å²) in [6.45, 7) is 4.59. The van der Waals surface area contributed by atoms with Crippen LogP contribution in [-0.2, 0) is 17.4 Å². The molecule has 0 aliphatic heterocycles. The number of hydrogen-bond acceptors (Lipinski definition) is 1. The van der Waals surface area contributed by atoms with Gasteiger partial charge in [-0.25, -0.2) is 0 Å². The maximum Gasteiger partial charge on any atom is 0.325 e. The third kappa shape index (κ3) is 19.4. The van der Waals surface area contributed by atoms with E-state index < -0.39 is 7.60 Å². The van der Waals surface area contributed by atoms with E-state index in [0.717, 1.165) is 12.8 Å². The molecule has 46 heavy (non-hydrogen) atoms. The highest BCUT2D eigenvalue weighted by Crippen LogP contribution is 2.37. The van der Waals surface area contributed by atoms with Gasteiger partial charge in [0.2, 0.25) is 0 Å². The van der Waals surface area contributed by atoms with Crippen molar-refractivity contribution < 1.29 is 14.4 Å². The highest BCUT2D eigenvalue weighted by Gasteiger charge is 2.20. The van der Waals surface area contributed by atoms with Crippen molar-refractivity contribution in [2.45, 2.75) is 187 Å². The van der Waals surface area contributed by atoms with E-state index in [1.54, 1.807) is 22.3 Å². The second-order valence-corrected chi connectivity index (χ2v) is 15.8. The Kier molecular flexibility index (Phi) is 23.5. The van der Waals surface area contributed by atoms with Gasteiger partial charge in [-0.1, -0.05) is 191 Å². The molecule has 0 saturated carbocycles. The van der Waals surface area contributed by atoms with Gasteiger partial charge in [-0.05, 0) is 60.8 Å². The predicted octanol–water partition coefficient (Wildman–Crippen LogP) is 13.5. The molecule has 262 valence electrons. The highest BCUT2D eigenvalue weighted by molar-refractivity contribution is 7.51. The summed E-state index contributed by atoms with van der Waals surface area (Å²) in [5, 5.41) is 0. The summed E-state index contributed by atoms with van der Waals surface area (Å²) in [5.74, 6) is 0.482. The molecular formula is C42H71O3P. The summed E-state index contributed by atoms with van der Waals surface area (Å²) in [6, 6.07) is 18.8. The molecule has 0 radical (unpaired) electrons. The Morgan fingerprint density at radius 3 is 1.24 bits per heavy atom. The third-order valence-corrected chi connectivity index (χ3v) is 10.8. The Balaban J connectivity index is 1.97. The van der Waals surface area contributed by atoms with E-state index in [-0.39, 0.29) is 6.16 Å². The minimum absolute atomic E-state index is 0.0402. The van der Waals surface area contributed by atoms with Gasteiger partial charge in [0.05, 0.1) is 0 Å². The number of hydrogen-bond donors (Lipinski definition) is 2. The molecule has 0 amide bonds. The first-order valence-electron chi connectivity index (χ1n) is 19.7. The number of aryl methyl sites for hydroxylation is 2. The quantitative estimate of drug-likeness (QED) is 0.0651. The van der Waals surface area contributed by atoms with Gasteiger partial charge in [0.15, 0.2) is 0 Å². The maximum atomic E-state index is 11.0. The van der Waals surface area contributed by atoms with Crippen molar-refractivity contribution in [2.24, 2.45) is 0 Å².